The third-order valence-electron chi connectivity index (χ3n) is 4.59. The van der Waals surface area contributed by atoms with E-state index >= 15 is 0 Å². The molecule has 0 aromatic carbocycles. The van der Waals surface area contributed by atoms with Crippen LogP contribution in [-0.4, -0.2) is 44.1 Å². The van der Waals surface area contributed by atoms with Crippen molar-refractivity contribution in [1.82, 2.24) is 14.6 Å². The van der Waals surface area contributed by atoms with Crippen molar-refractivity contribution in [2.75, 3.05) is 18.8 Å². The van der Waals surface area contributed by atoms with Gasteiger partial charge in [0.15, 0.2) is 11.5 Å². The van der Waals surface area contributed by atoms with Crippen LogP contribution in [0.4, 0.5) is 10.5 Å². The Hall–Kier alpha value is -2.78. The monoisotopic (exact) mass is 357 g/mol. The molecule has 1 saturated heterocycles. The number of carbonyl (C=O) groups excluding carboxylic acids is 2. The van der Waals surface area contributed by atoms with Gasteiger partial charge in [-0.05, 0) is 17.5 Å². The summed E-state index contributed by atoms with van der Waals surface area (Å²) in [7, 11) is 0. The largest absolute Gasteiger partial charge is 0.421 e. The van der Waals surface area contributed by atoms with Gasteiger partial charge in [0.2, 0.25) is 0 Å². The minimum atomic E-state index is -0.626. The number of nitrogen functional groups attached to an aromatic ring is 1. The molecule has 1 fully saturated rings. The van der Waals surface area contributed by atoms with Crippen molar-refractivity contribution < 1.29 is 14.1 Å². The van der Waals surface area contributed by atoms with Crippen LogP contribution in [-0.2, 0) is 0 Å². The fourth-order valence-electron chi connectivity index (χ4n) is 3.28. The van der Waals surface area contributed by atoms with E-state index < -0.39 is 6.03 Å². The highest BCUT2D eigenvalue weighted by atomic mass is 32.1. The first-order valence-electron chi connectivity index (χ1n) is 7.93. The Morgan fingerprint density at radius 2 is 2.04 bits per heavy atom. The number of hydrogen-bond donors (Lipinski definition) is 2. The number of anilines is 1. The predicted octanol–water partition coefficient (Wildman–Crippen LogP) is 1.87. The normalized spacial score (nSPS) is 16.3. The molecule has 3 aromatic heterocycles. The maximum atomic E-state index is 13.0. The summed E-state index contributed by atoms with van der Waals surface area (Å²) < 4.78 is 1.13. The van der Waals surface area contributed by atoms with E-state index in [0.717, 1.165) is 17.7 Å². The van der Waals surface area contributed by atoms with Gasteiger partial charge in [-0.15, -0.1) is 16.4 Å². The number of likely N-dealkylation sites (tertiary alicyclic amines) is 1. The van der Waals surface area contributed by atoms with Gasteiger partial charge in [0, 0.05) is 19.0 Å². The molecule has 3 aromatic rings. The summed E-state index contributed by atoms with van der Waals surface area (Å²) in [5.41, 5.74) is 12.8. The molecule has 0 aliphatic carbocycles. The molecule has 4 heterocycles. The van der Waals surface area contributed by atoms with Crippen molar-refractivity contribution in [2.45, 2.75) is 12.8 Å². The highest BCUT2D eigenvalue weighted by Gasteiger charge is 2.46. The number of rotatable bonds is 2. The number of aromatic nitrogens is 3. The molecule has 0 radical (unpaired) electrons. The van der Waals surface area contributed by atoms with Crippen molar-refractivity contribution >= 4 is 34.6 Å². The molecule has 1 aliphatic rings. The Balaban J connectivity index is 1.80. The number of quaternary nitrogens is 1. The van der Waals surface area contributed by atoms with E-state index in [0.29, 0.717) is 35.8 Å². The topological polar surface area (TPSA) is 116 Å². The lowest BCUT2D eigenvalue weighted by atomic mass is 10.2. The smallest absolute Gasteiger partial charge is 0.396 e. The summed E-state index contributed by atoms with van der Waals surface area (Å²) in [5, 5.41) is 6.35. The molecule has 0 atom stereocenters. The lowest BCUT2D eigenvalue weighted by Gasteiger charge is -2.25. The van der Waals surface area contributed by atoms with Crippen molar-refractivity contribution in [3.63, 3.8) is 0 Å². The predicted molar refractivity (Wildman–Crippen MR) is 93.9 cm³/mol. The van der Waals surface area contributed by atoms with Gasteiger partial charge in [-0.2, -0.15) is 4.48 Å². The third kappa shape index (κ3) is 2.39. The maximum Gasteiger partial charge on any atom is 0.421 e. The summed E-state index contributed by atoms with van der Waals surface area (Å²) >= 11 is 1.52. The number of fused-ring (bicyclic) bond motifs is 1. The molecule has 25 heavy (non-hydrogen) atoms. The van der Waals surface area contributed by atoms with Gasteiger partial charge in [-0.25, -0.2) is 19.1 Å². The molecule has 1 aliphatic heterocycles. The van der Waals surface area contributed by atoms with Crippen molar-refractivity contribution in [3.05, 3.63) is 35.3 Å². The zero-order valence-electron chi connectivity index (χ0n) is 13.4. The molecule has 4 N–H and O–H groups in total. The number of urea groups is 1. The van der Waals surface area contributed by atoms with E-state index in [1.165, 1.54) is 15.9 Å². The van der Waals surface area contributed by atoms with Gasteiger partial charge in [0.1, 0.15) is 5.56 Å². The van der Waals surface area contributed by atoms with E-state index in [1.54, 1.807) is 12.3 Å². The van der Waals surface area contributed by atoms with E-state index in [-0.39, 0.29) is 10.4 Å². The van der Waals surface area contributed by atoms with E-state index in [9.17, 15) is 9.59 Å². The standard InChI is InChI=1S/C16H16N6O2S/c17-11-8-10(15(23)22(16(18)24)5-1-2-6-22)9-21-14(11)19-13(20-21)12-4-3-7-25-12/h3-4,7-9H,1-2,5-6,17H2,(H-,18,24)/p+1. The zero-order valence-corrected chi connectivity index (χ0v) is 14.2. The second-order valence-corrected chi connectivity index (χ2v) is 7.08. The first-order chi connectivity index (χ1) is 12.0. The highest BCUT2D eigenvalue weighted by Crippen LogP contribution is 2.27. The molecule has 0 bridgehead atoms. The van der Waals surface area contributed by atoms with Crippen molar-refractivity contribution in [1.29, 1.82) is 0 Å². The Morgan fingerprint density at radius 3 is 2.68 bits per heavy atom. The molecule has 0 unspecified atom stereocenters. The summed E-state index contributed by atoms with van der Waals surface area (Å²) in [6.45, 7) is 0.841. The lowest BCUT2D eigenvalue weighted by molar-refractivity contribution is -0.751. The molecule has 0 spiro atoms. The van der Waals surface area contributed by atoms with Crippen LogP contribution in [0.1, 0.15) is 23.2 Å². The van der Waals surface area contributed by atoms with Crippen LogP contribution in [0, 0.1) is 0 Å². The van der Waals surface area contributed by atoms with E-state index in [4.69, 9.17) is 11.5 Å². The molecule has 3 amide bonds. The number of primary amides is 1. The van der Waals surface area contributed by atoms with Crippen molar-refractivity contribution in [2.24, 2.45) is 5.73 Å². The van der Waals surface area contributed by atoms with Gasteiger partial charge >= 0.3 is 11.9 Å². The molecule has 9 heteroatoms. The number of hydrogen-bond acceptors (Lipinski definition) is 6. The average molecular weight is 357 g/mol. The minimum Gasteiger partial charge on any atom is -0.396 e. The molecule has 8 nitrogen and oxygen atoms in total. The number of amides is 3. The fourth-order valence-corrected chi connectivity index (χ4v) is 3.94. The Morgan fingerprint density at radius 1 is 1.28 bits per heavy atom. The van der Waals surface area contributed by atoms with Gasteiger partial charge in [-0.1, -0.05) is 6.07 Å². The Labute approximate surface area is 147 Å². The number of imide groups is 1. The summed E-state index contributed by atoms with van der Waals surface area (Å²) in [6, 6.07) is 4.75. The number of pyridine rings is 1. The minimum absolute atomic E-state index is 0.313. The van der Waals surface area contributed by atoms with Crippen LogP contribution in [0.3, 0.4) is 0 Å². The molecular weight excluding hydrogens is 340 g/mol. The lowest BCUT2D eigenvalue weighted by Crippen LogP contribution is -2.57. The fraction of sp³-hybridized carbons (Fsp3) is 0.250. The van der Waals surface area contributed by atoms with E-state index in [2.05, 4.69) is 10.1 Å². The molecular formula is C16H17N6O2S+. The van der Waals surface area contributed by atoms with Gasteiger partial charge in [0.05, 0.1) is 23.7 Å². The second kappa shape index (κ2) is 5.64. The van der Waals surface area contributed by atoms with Crippen LogP contribution in [0.15, 0.2) is 29.8 Å². The third-order valence-corrected chi connectivity index (χ3v) is 5.46. The second-order valence-electron chi connectivity index (χ2n) is 6.13. The van der Waals surface area contributed by atoms with Crippen molar-refractivity contribution in [3.8, 4) is 10.7 Å². The molecule has 4 rings (SSSR count). The summed E-state index contributed by atoms with van der Waals surface area (Å²) in [6.07, 6.45) is 3.15. The van der Waals surface area contributed by atoms with Crippen LogP contribution in [0.2, 0.25) is 0 Å². The van der Waals surface area contributed by atoms with Crippen LogP contribution in [0.25, 0.3) is 16.3 Å². The zero-order chi connectivity index (χ0) is 17.6. The first-order valence-corrected chi connectivity index (χ1v) is 8.81. The average Bonchev–Trinajstić information content (AvgIpc) is 3.32. The van der Waals surface area contributed by atoms with Crippen LogP contribution in [0.5, 0.6) is 0 Å². The quantitative estimate of drug-likeness (QED) is 0.679. The number of nitrogens with two attached hydrogens (primary N) is 2. The van der Waals surface area contributed by atoms with Crippen LogP contribution < -0.4 is 11.5 Å². The number of carbonyl (C=O) groups is 2. The Kier molecular flexibility index (Phi) is 3.55. The first kappa shape index (κ1) is 15.7. The Bertz CT molecular complexity index is 972. The SMILES string of the molecule is NC(=O)[N+]1(C(=O)c2cc(N)c3nc(-c4cccs4)nn3c2)CCCC1. The number of thiophene rings is 1. The summed E-state index contributed by atoms with van der Waals surface area (Å²) in [5.74, 6) is 0.207. The van der Waals surface area contributed by atoms with Gasteiger partial charge < -0.3 is 11.5 Å². The van der Waals surface area contributed by atoms with Crippen LogP contribution >= 0.6 is 11.3 Å². The van der Waals surface area contributed by atoms with E-state index in [1.807, 2.05) is 17.5 Å². The van der Waals surface area contributed by atoms with Gasteiger partial charge in [-0.3, -0.25) is 0 Å². The molecule has 0 saturated carbocycles. The van der Waals surface area contributed by atoms with Gasteiger partial charge in [0.25, 0.3) is 0 Å². The maximum absolute atomic E-state index is 13.0. The number of nitrogens with zero attached hydrogens (tertiary/aromatic N) is 4. The molecule has 128 valence electrons. The summed E-state index contributed by atoms with van der Waals surface area (Å²) in [4.78, 5) is 30.3. The highest BCUT2D eigenvalue weighted by molar-refractivity contribution is 7.13.